The lowest BCUT2D eigenvalue weighted by atomic mass is 10.2. The number of benzene rings is 2. The van der Waals surface area contributed by atoms with E-state index in [-0.39, 0.29) is 0 Å². The Morgan fingerprint density at radius 2 is 1.17 bits per heavy atom. The van der Waals surface area contributed by atoms with E-state index in [2.05, 4.69) is 82.1 Å². The van der Waals surface area contributed by atoms with Crippen LogP contribution in [0.4, 0.5) is 0 Å². The molecule has 0 aliphatic carbocycles. The van der Waals surface area contributed by atoms with E-state index in [0.717, 1.165) is 22.2 Å². The first-order valence-corrected chi connectivity index (χ1v) is 12.4. The highest BCUT2D eigenvalue weighted by Gasteiger charge is 2.05. The minimum absolute atomic E-state index is 1.03. The number of alkyl halides is 2. The molecule has 0 N–H and O–H groups in total. The molecule has 0 aliphatic rings. The second-order valence-corrected chi connectivity index (χ2v) is 10.0. The van der Waals surface area contributed by atoms with Crippen molar-refractivity contribution in [3.63, 3.8) is 0 Å². The van der Waals surface area contributed by atoms with Crippen LogP contribution in [0.3, 0.4) is 0 Å². The highest BCUT2D eigenvalue weighted by atomic mass is 79.9. The second-order valence-electron chi connectivity index (χ2n) is 5.03. The molecule has 2 rings (SSSR count). The molecule has 0 saturated heterocycles. The molecule has 124 valence electrons. The fourth-order valence-electron chi connectivity index (χ4n) is 2.13. The molecule has 2 aromatic carbocycles. The molecule has 2 aromatic rings. The first-order valence-electron chi connectivity index (χ1n) is 7.40. The van der Waals surface area contributed by atoms with Crippen molar-refractivity contribution >= 4 is 67.1 Å². The Hall–Kier alpha value is 0.450. The molecule has 0 nitrogen and oxygen atoms in total. The Morgan fingerprint density at radius 3 is 1.52 bits per heavy atom. The summed E-state index contributed by atoms with van der Waals surface area (Å²) in [4.78, 5) is 5.38. The van der Waals surface area contributed by atoms with Gasteiger partial charge in [0.15, 0.2) is 0 Å². The van der Waals surface area contributed by atoms with Gasteiger partial charge in [-0.3, -0.25) is 0 Å². The summed E-state index contributed by atoms with van der Waals surface area (Å²) in [5.74, 6) is 2.22. The number of thioether (sulfide) groups is 2. The molecule has 23 heavy (non-hydrogen) atoms. The van der Waals surface area contributed by atoms with Gasteiger partial charge in [0, 0.05) is 41.7 Å². The van der Waals surface area contributed by atoms with Crippen molar-refractivity contribution in [3.05, 3.63) is 47.5 Å². The van der Waals surface area contributed by atoms with Gasteiger partial charge in [-0.25, -0.2) is 0 Å². The Labute approximate surface area is 169 Å². The van der Waals surface area contributed by atoms with Crippen LogP contribution >= 0.6 is 67.1 Å². The Balaban J connectivity index is 2.07. The van der Waals surface area contributed by atoms with Gasteiger partial charge in [0.05, 0.1) is 0 Å². The van der Waals surface area contributed by atoms with Gasteiger partial charge in [0.2, 0.25) is 0 Å². The minimum Gasteiger partial charge on any atom is -0.125 e. The van der Waals surface area contributed by atoms with Gasteiger partial charge < -0.3 is 0 Å². The van der Waals surface area contributed by atoms with E-state index in [1.54, 1.807) is 0 Å². The average Bonchev–Trinajstić information content (AvgIpc) is 2.53. The van der Waals surface area contributed by atoms with Crippen LogP contribution in [0, 0.1) is 13.8 Å². The van der Waals surface area contributed by atoms with E-state index in [1.165, 1.54) is 30.7 Å². The standard InChI is InChI=1S/C18H20Br2S3/c1-13-11-15(3-5-17(13)21-9-7-19)23-16-4-6-18(14(2)12-16)22-10-8-20/h3-6,11-12H,7-10H2,1-2H3. The van der Waals surface area contributed by atoms with E-state index in [9.17, 15) is 0 Å². The van der Waals surface area contributed by atoms with Crippen LogP contribution in [-0.2, 0) is 0 Å². The number of rotatable bonds is 8. The van der Waals surface area contributed by atoms with Crippen LogP contribution in [0.15, 0.2) is 56.0 Å². The first kappa shape index (κ1) is 19.8. The molecule has 0 heterocycles. The van der Waals surface area contributed by atoms with Crippen molar-refractivity contribution in [2.45, 2.75) is 33.4 Å². The highest BCUT2D eigenvalue weighted by Crippen LogP contribution is 2.34. The molecule has 5 heteroatoms. The van der Waals surface area contributed by atoms with Crippen LogP contribution in [0.2, 0.25) is 0 Å². The smallest absolute Gasteiger partial charge is 0.0126 e. The van der Waals surface area contributed by atoms with Gasteiger partial charge in [-0.15, -0.1) is 23.5 Å². The quantitative estimate of drug-likeness (QED) is 0.278. The molecule has 0 saturated carbocycles. The van der Waals surface area contributed by atoms with Crippen LogP contribution in [0.1, 0.15) is 11.1 Å². The lowest BCUT2D eigenvalue weighted by Gasteiger charge is -2.10. The van der Waals surface area contributed by atoms with E-state index >= 15 is 0 Å². The van der Waals surface area contributed by atoms with Gasteiger partial charge >= 0.3 is 0 Å². The number of hydrogen-bond acceptors (Lipinski definition) is 3. The van der Waals surface area contributed by atoms with Gasteiger partial charge in [0.25, 0.3) is 0 Å². The lowest BCUT2D eigenvalue weighted by molar-refractivity contribution is 1.22. The average molecular weight is 492 g/mol. The predicted octanol–water partition coefficient (Wildman–Crippen LogP) is 7.43. The highest BCUT2D eigenvalue weighted by molar-refractivity contribution is 9.09. The zero-order valence-corrected chi connectivity index (χ0v) is 18.9. The van der Waals surface area contributed by atoms with Crippen LogP contribution in [0.25, 0.3) is 0 Å². The van der Waals surface area contributed by atoms with Crippen molar-refractivity contribution < 1.29 is 0 Å². The van der Waals surface area contributed by atoms with Crippen molar-refractivity contribution in [1.29, 1.82) is 0 Å². The SMILES string of the molecule is Cc1cc(Sc2ccc(SCCBr)c(C)c2)ccc1SCCBr. The summed E-state index contributed by atoms with van der Waals surface area (Å²) >= 11 is 12.6. The summed E-state index contributed by atoms with van der Waals surface area (Å²) in [6.07, 6.45) is 0. The van der Waals surface area contributed by atoms with E-state index in [0.29, 0.717) is 0 Å². The van der Waals surface area contributed by atoms with Crippen LogP contribution < -0.4 is 0 Å². The zero-order valence-electron chi connectivity index (χ0n) is 13.3. The van der Waals surface area contributed by atoms with Crippen LogP contribution in [-0.4, -0.2) is 22.2 Å². The Morgan fingerprint density at radius 1 is 0.739 bits per heavy atom. The van der Waals surface area contributed by atoms with E-state index < -0.39 is 0 Å². The number of halogens is 2. The fourth-order valence-corrected chi connectivity index (χ4v) is 5.61. The van der Waals surface area contributed by atoms with Gasteiger partial charge in [-0.2, -0.15) is 0 Å². The molecular formula is C18H20Br2S3. The largest absolute Gasteiger partial charge is 0.125 e. The van der Waals surface area contributed by atoms with Gasteiger partial charge in [-0.1, -0.05) is 43.6 Å². The van der Waals surface area contributed by atoms with Crippen LogP contribution in [0.5, 0.6) is 0 Å². The van der Waals surface area contributed by atoms with E-state index in [1.807, 2.05) is 35.3 Å². The van der Waals surface area contributed by atoms with Crippen molar-refractivity contribution in [1.82, 2.24) is 0 Å². The molecule has 0 spiro atoms. The molecular weight excluding hydrogens is 472 g/mol. The molecule has 0 radical (unpaired) electrons. The third kappa shape index (κ3) is 6.35. The molecule has 0 aliphatic heterocycles. The third-order valence-corrected chi connectivity index (χ3v) is 8.37. The summed E-state index contributed by atoms with van der Waals surface area (Å²) in [6.45, 7) is 4.40. The lowest BCUT2D eigenvalue weighted by Crippen LogP contribution is -1.86. The van der Waals surface area contributed by atoms with Gasteiger partial charge in [0.1, 0.15) is 0 Å². The molecule has 0 amide bonds. The fraction of sp³-hybridized carbons (Fsp3) is 0.333. The Kier molecular flexibility index (Phi) is 8.98. The predicted molar refractivity (Wildman–Crippen MR) is 116 cm³/mol. The maximum absolute atomic E-state index is 3.49. The van der Waals surface area contributed by atoms with Crippen molar-refractivity contribution in [3.8, 4) is 0 Å². The van der Waals surface area contributed by atoms with E-state index in [4.69, 9.17) is 0 Å². The molecule has 0 bridgehead atoms. The summed E-state index contributed by atoms with van der Waals surface area (Å²) < 4.78 is 0. The first-order chi connectivity index (χ1) is 11.1. The summed E-state index contributed by atoms with van der Waals surface area (Å²) in [6, 6.07) is 13.6. The third-order valence-electron chi connectivity index (χ3n) is 3.20. The van der Waals surface area contributed by atoms with Gasteiger partial charge in [-0.05, 0) is 61.4 Å². The number of hydrogen-bond donors (Lipinski definition) is 0. The monoisotopic (exact) mass is 490 g/mol. The molecule has 0 unspecified atom stereocenters. The Bertz CT molecular complexity index is 589. The van der Waals surface area contributed by atoms with Crippen molar-refractivity contribution in [2.75, 3.05) is 22.2 Å². The number of aryl methyl sites for hydroxylation is 2. The summed E-state index contributed by atoms with van der Waals surface area (Å²) in [7, 11) is 0. The maximum Gasteiger partial charge on any atom is 0.0126 e. The topological polar surface area (TPSA) is 0 Å². The molecule has 0 aromatic heterocycles. The summed E-state index contributed by atoms with van der Waals surface area (Å²) in [5.41, 5.74) is 2.73. The summed E-state index contributed by atoms with van der Waals surface area (Å²) in [5, 5.41) is 2.07. The minimum atomic E-state index is 1.03. The van der Waals surface area contributed by atoms with Crippen molar-refractivity contribution in [2.24, 2.45) is 0 Å². The molecule has 0 atom stereocenters. The second kappa shape index (κ2) is 10.4. The zero-order chi connectivity index (χ0) is 16.7. The maximum atomic E-state index is 3.49. The molecule has 0 fully saturated rings. The normalized spacial score (nSPS) is 11.0.